The van der Waals surface area contributed by atoms with Gasteiger partial charge < -0.3 is 18.9 Å². The maximum absolute atomic E-state index is 11.6. The zero-order valence-electron chi connectivity index (χ0n) is 22.7. The molecule has 0 aliphatic carbocycles. The number of hydrogen-bond donors (Lipinski definition) is 0. The van der Waals surface area contributed by atoms with E-state index >= 15 is 0 Å². The normalized spacial score (nSPS) is 11.5. The van der Waals surface area contributed by atoms with Crippen molar-refractivity contribution in [2.24, 2.45) is 0 Å². The smallest absolute Gasteiger partial charge is 0.305 e. The highest BCUT2D eigenvalue weighted by molar-refractivity contribution is 5.79. The molecule has 0 bridgehead atoms. The monoisotopic (exact) mass is 517 g/mol. The number of aromatic nitrogens is 1. The van der Waals surface area contributed by atoms with Crippen LogP contribution < -0.4 is 4.74 Å². The van der Waals surface area contributed by atoms with Crippen molar-refractivity contribution in [1.82, 2.24) is 4.98 Å². The minimum atomic E-state index is -0.348. The minimum Gasteiger partial charge on any atom is -0.489 e. The average Bonchev–Trinajstić information content (AvgIpc) is 2.95. The first-order chi connectivity index (χ1) is 18.6. The molecule has 0 radical (unpaired) electrons. The van der Waals surface area contributed by atoms with Gasteiger partial charge in [-0.3, -0.25) is 9.78 Å². The van der Waals surface area contributed by atoms with E-state index in [9.17, 15) is 4.79 Å². The maximum atomic E-state index is 11.6. The van der Waals surface area contributed by atoms with E-state index in [2.05, 4.69) is 29.3 Å². The minimum absolute atomic E-state index is 0.133. The number of carbonyl (C=O) groups excluding carboxylic acids is 1. The Morgan fingerprint density at radius 2 is 1.66 bits per heavy atom. The van der Waals surface area contributed by atoms with Crippen LogP contribution in [0.1, 0.15) is 75.0 Å². The fraction of sp³-hybridized carbons (Fsp3) is 0.375. The van der Waals surface area contributed by atoms with Gasteiger partial charge in [-0.05, 0) is 74.9 Å². The third-order valence-electron chi connectivity index (χ3n) is 5.90. The number of ether oxygens (including phenoxy) is 4. The molecule has 0 aliphatic heterocycles. The zero-order valence-corrected chi connectivity index (χ0v) is 22.7. The van der Waals surface area contributed by atoms with Crippen molar-refractivity contribution in [3.63, 3.8) is 0 Å². The molecule has 3 aromatic rings. The van der Waals surface area contributed by atoms with Crippen LogP contribution in [0.3, 0.4) is 0 Å². The molecule has 202 valence electrons. The predicted molar refractivity (Wildman–Crippen MR) is 150 cm³/mol. The molecule has 2 aromatic carbocycles. The number of rotatable bonds is 16. The van der Waals surface area contributed by atoms with E-state index in [4.69, 9.17) is 18.9 Å². The van der Waals surface area contributed by atoms with Gasteiger partial charge in [0, 0.05) is 43.2 Å². The Morgan fingerprint density at radius 3 is 2.34 bits per heavy atom. The van der Waals surface area contributed by atoms with E-state index < -0.39 is 0 Å². The number of pyridine rings is 1. The molecular weight excluding hydrogens is 478 g/mol. The van der Waals surface area contributed by atoms with E-state index in [0.29, 0.717) is 32.8 Å². The topological polar surface area (TPSA) is 66.9 Å². The summed E-state index contributed by atoms with van der Waals surface area (Å²) < 4.78 is 22.5. The Morgan fingerprint density at radius 1 is 0.895 bits per heavy atom. The molecule has 0 saturated carbocycles. The lowest BCUT2D eigenvalue weighted by molar-refractivity contribution is -0.143. The number of hydrogen-bond acceptors (Lipinski definition) is 6. The van der Waals surface area contributed by atoms with Crippen molar-refractivity contribution in [2.45, 2.75) is 59.4 Å². The van der Waals surface area contributed by atoms with Crippen molar-refractivity contribution >= 4 is 11.5 Å². The summed E-state index contributed by atoms with van der Waals surface area (Å²) in [7, 11) is 0. The quantitative estimate of drug-likeness (QED) is 0.113. The van der Waals surface area contributed by atoms with Crippen LogP contribution in [0.25, 0.3) is 5.57 Å². The van der Waals surface area contributed by atoms with Gasteiger partial charge in [0.2, 0.25) is 0 Å². The van der Waals surface area contributed by atoms with E-state index in [1.54, 1.807) is 6.20 Å². The number of unbranched alkanes of at least 4 members (excludes halogenated alkanes) is 2. The molecule has 0 saturated heterocycles. The Balaban J connectivity index is 1.66. The highest BCUT2D eigenvalue weighted by Crippen LogP contribution is 2.28. The fourth-order valence-corrected chi connectivity index (χ4v) is 4.05. The van der Waals surface area contributed by atoms with E-state index in [0.717, 1.165) is 52.8 Å². The van der Waals surface area contributed by atoms with Crippen LogP contribution >= 0.6 is 0 Å². The number of esters is 1. The Labute approximate surface area is 226 Å². The van der Waals surface area contributed by atoms with Crippen LogP contribution in [0.5, 0.6) is 5.75 Å². The lowest BCUT2D eigenvalue weighted by Gasteiger charge is -2.17. The Hall–Kier alpha value is -3.48. The molecule has 6 heteroatoms. The molecule has 0 fully saturated rings. The van der Waals surface area contributed by atoms with Gasteiger partial charge in [0.15, 0.2) is 6.29 Å². The van der Waals surface area contributed by atoms with Gasteiger partial charge in [-0.25, -0.2) is 0 Å². The third kappa shape index (κ3) is 9.43. The molecule has 0 atom stereocenters. The van der Waals surface area contributed by atoms with E-state index in [1.807, 2.05) is 69.4 Å². The summed E-state index contributed by atoms with van der Waals surface area (Å²) >= 11 is 0. The second kappa shape index (κ2) is 16.4. The van der Waals surface area contributed by atoms with Gasteiger partial charge >= 0.3 is 5.97 Å². The fourth-order valence-electron chi connectivity index (χ4n) is 4.05. The third-order valence-corrected chi connectivity index (χ3v) is 5.90. The molecule has 1 aromatic heterocycles. The summed E-state index contributed by atoms with van der Waals surface area (Å²) in [5, 5.41) is 0. The summed E-state index contributed by atoms with van der Waals surface area (Å²) in [5.41, 5.74) is 5.27. The molecule has 0 aliphatic rings. The standard InChI is InChI=1S/C32H39NO5/c1-4-35-31(34)16-9-7-8-15-30(28-13-11-21-33-23-28)27-12-10-14-29(22-27)38-24-25-17-19-26(20-18-25)32(36-5-2)37-6-3/h10-15,17-23,32H,4-9,16,24H2,1-3H3/b30-15+. The molecule has 0 N–H and O–H groups in total. The van der Waals surface area contributed by atoms with Crippen molar-refractivity contribution in [1.29, 1.82) is 0 Å². The average molecular weight is 518 g/mol. The number of carbonyl (C=O) groups is 1. The highest BCUT2D eigenvalue weighted by atomic mass is 16.7. The zero-order chi connectivity index (χ0) is 27.0. The van der Waals surface area contributed by atoms with Gasteiger partial charge in [-0.15, -0.1) is 0 Å². The SMILES string of the molecule is CCOC(=O)CCCC/C=C(/c1cccnc1)c1cccc(OCc2ccc(C(OCC)OCC)cc2)c1. The summed E-state index contributed by atoms with van der Waals surface area (Å²) in [6.45, 7) is 7.82. The van der Waals surface area contributed by atoms with Crippen LogP contribution in [0, 0.1) is 0 Å². The summed E-state index contributed by atoms with van der Waals surface area (Å²) in [4.78, 5) is 15.9. The van der Waals surface area contributed by atoms with Crippen LogP contribution in [-0.4, -0.2) is 30.8 Å². The lowest BCUT2D eigenvalue weighted by atomic mass is 9.97. The lowest BCUT2D eigenvalue weighted by Crippen LogP contribution is -2.09. The van der Waals surface area contributed by atoms with Crippen LogP contribution in [0.15, 0.2) is 79.1 Å². The van der Waals surface area contributed by atoms with Crippen molar-refractivity contribution in [3.8, 4) is 5.75 Å². The van der Waals surface area contributed by atoms with Crippen molar-refractivity contribution in [3.05, 3.63) is 101 Å². The van der Waals surface area contributed by atoms with Gasteiger partial charge in [0.25, 0.3) is 0 Å². The largest absolute Gasteiger partial charge is 0.489 e. The van der Waals surface area contributed by atoms with Crippen molar-refractivity contribution < 1.29 is 23.7 Å². The van der Waals surface area contributed by atoms with Gasteiger partial charge in [0.05, 0.1) is 6.61 Å². The van der Waals surface area contributed by atoms with Crippen LogP contribution in [-0.2, 0) is 25.6 Å². The molecule has 3 rings (SSSR count). The molecule has 1 heterocycles. The van der Waals surface area contributed by atoms with Gasteiger partial charge in [-0.2, -0.15) is 0 Å². The predicted octanol–water partition coefficient (Wildman–Crippen LogP) is 7.29. The number of benzene rings is 2. The molecular formula is C32H39NO5. The molecule has 38 heavy (non-hydrogen) atoms. The number of nitrogens with zero attached hydrogens (tertiary/aromatic N) is 1. The molecule has 6 nitrogen and oxygen atoms in total. The number of allylic oxidation sites excluding steroid dienone is 1. The van der Waals surface area contributed by atoms with Gasteiger partial charge in [0.1, 0.15) is 12.4 Å². The molecule has 0 unspecified atom stereocenters. The second-order valence-corrected chi connectivity index (χ2v) is 8.71. The summed E-state index contributed by atoms with van der Waals surface area (Å²) in [6, 6.07) is 20.3. The van der Waals surface area contributed by atoms with Crippen LogP contribution in [0.2, 0.25) is 0 Å². The first-order valence-electron chi connectivity index (χ1n) is 13.5. The second-order valence-electron chi connectivity index (χ2n) is 8.71. The first-order valence-corrected chi connectivity index (χ1v) is 13.5. The van der Waals surface area contributed by atoms with Crippen LogP contribution in [0.4, 0.5) is 0 Å². The Bertz CT molecular complexity index is 1120. The van der Waals surface area contributed by atoms with E-state index in [1.165, 1.54) is 0 Å². The van der Waals surface area contributed by atoms with Crippen molar-refractivity contribution in [2.75, 3.05) is 19.8 Å². The van der Waals surface area contributed by atoms with E-state index in [-0.39, 0.29) is 12.3 Å². The van der Waals surface area contributed by atoms with Gasteiger partial charge in [-0.1, -0.05) is 48.5 Å². The first kappa shape index (κ1) is 29.1. The maximum Gasteiger partial charge on any atom is 0.305 e. The highest BCUT2D eigenvalue weighted by Gasteiger charge is 2.11. The summed E-state index contributed by atoms with van der Waals surface area (Å²) in [6.07, 6.45) is 8.52. The molecule has 0 spiro atoms. The molecule has 0 amide bonds. The summed E-state index contributed by atoms with van der Waals surface area (Å²) in [5.74, 6) is 0.664. The Kier molecular flexibility index (Phi) is 12.5.